The van der Waals surface area contributed by atoms with Crippen LogP contribution < -0.4 is 0 Å². The quantitative estimate of drug-likeness (QED) is 0.211. The Morgan fingerprint density at radius 2 is 0.971 bits per heavy atom. The predicted octanol–water partition coefficient (Wildman–Crippen LogP) is 7.06. The van der Waals surface area contributed by atoms with Crippen LogP contribution in [0.3, 0.4) is 0 Å². The first-order chi connectivity index (χ1) is 16.5. The van der Waals surface area contributed by atoms with E-state index in [1.807, 2.05) is 36.4 Å². The molecule has 0 heterocycles. The molecule has 4 nitrogen and oxygen atoms in total. The number of nitrogens with zero attached hydrogens (tertiary/aromatic N) is 2. The molecule has 2 atom stereocenters. The fourth-order valence-corrected chi connectivity index (χ4v) is 4.32. The second-order valence-electron chi connectivity index (χ2n) is 9.12. The fourth-order valence-electron chi connectivity index (χ4n) is 4.32. The van der Waals surface area contributed by atoms with E-state index in [1.165, 1.54) is 11.1 Å². The largest absolute Gasteiger partial charge is 0.292 e. The molecule has 0 saturated carbocycles. The minimum atomic E-state index is -0.0705. The number of carbonyl (C=O) groups excluding carboxylic acids is 2. The zero-order valence-corrected chi connectivity index (χ0v) is 21.3. The second-order valence-corrected chi connectivity index (χ2v) is 9.12. The molecule has 4 heteroatoms. The van der Waals surface area contributed by atoms with Crippen molar-refractivity contribution >= 4 is 23.0 Å². The Hall–Kier alpha value is -2.88. The highest BCUT2D eigenvalue weighted by Gasteiger charge is 2.22. The van der Waals surface area contributed by atoms with Gasteiger partial charge in [0.05, 0.1) is 0 Å². The van der Waals surface area contributed by atoms with E-state index < -0.39 is 0 Å². The molecule has 0 aliphatic rings. The molecule has 0 amide bonds. The molecule has 0 saturated heterocycles. The first-order valence-corrected chi connectivity index (χ1v) is 12.7. The highest BCUT2D eigenvalue weighted by Crippen LogP contribution is 2.19. The summed E-state index contributed by atoms with van der Waals surface area (Å²) < 4.78 is 0. The monoisotopic (exact) mass is 460 g/mol. The molecule has 182 valence electrons. The molecule has 0 aliphatic carbocycles. The summed E-state index contributed by atoms with van der Waals surface area (Å²) in [5, 5.41) is 8.40. The summed E-state index contributed by atoms with van der Waals surface area (Å²) in [6, 6.07) is 20.5. The zero-order chi connectivity index (χ0) is 24.8. The predicted molar refractivity (Wildman–Crippen MR) is 143 cm³/mol. The van der Waals surface area contributed by atoms with Crippen molar-refractivity contribution < 1.29 is 9.59 Å². The molecule has 2 unspecified atom stereocenters. The molecule has 0 radical (unpaired) electrons. The molecular weight excluding hydrogens is 420 g/mol. The Labute approximate surface area is 205 Å². The maximum atomic E-state index is 13.0. The fraction of sp³-hybridized carbons (Fsp3) is 0.467. The number of hydrogen-bond acceptors (Lipinski definition) is 4. The summed E-state index contributed by atoms with van der Waals surface area (Å²) in [5.74, 6) is -0.0651. The molecule has 0 aromatic heterocycles. The maximum absolute atomic E-state index is 13.0. The molecule has 2 aromatic rings. The maximum Gasteiger partial charge on any atom is 0.181 e. The Bertz CT molecular complexity index is 869. The lowest BCUT2D eigenvalue weighted by Crippen LogP contribution is -2.24. The van der Waals surface area contributed by atoms with Gasteiger partial charge in [-0.1, -0.05) is 87.4 Å². The van der Waals surface area contributed by atoms with Crippen LogP contribution in [0.25, 0.3) is 0 Å². The topological polar surface area (TPSA) is 58.9 Å². The minimum absolute atomic E-state index is 0.0379. The summed E-state index contributed by atoms with van der Waals surface area (Å²) >= 11 is 0. The first kappa shape index (κ1) is 27.4. The Morgan fingerprint density at radius 1 is 0.618 bits per heavy atom. The van der Waals surface area contributed by atoms with E-state index in [2.05, 4.69) is 48.3 Å². The SMILES string of the molecule is CCCC(CCc1ccccc1)C(=O)/C(C)=N/N=C(\C)C(=O)C(CCC)CCc1ccccc1. The molecule has 34 heavy (non-hydrogen) atoms. The van der Waals surface area contributed by atoms with Crippen molar-refractivity contribution in [2.24, 2.45) is 22.0 Å². The lowest BCUT2D eigenvalue weighted by Gasteiger charge is -2.15. The van der Waals surface area contributed by atoms with Gasteiger partial charge in [0.1, 0.15) is 11.4 Å². The molecule has 2 aromatic carbocycles. The van der Waals surface area contributed by atoms with Crippen molar-refractivity contribution in [3.63, 3.8) is 0 Å². The lowest BCUT2D eigenvalue weighted by atomic mass is 9.89. The van der Waals surface area contributed by atoms with Crippen LogP contribution in [0.2, 0.25) is 0 Å². The smallest absolute Gasteiger partial charge is 0.181 e. The molecule has 2 rings (SSSR count). The summed E-state index contributed by atoms with van der Waals surface area (Å²) in [4.78, 5) is 26.1. The summed E-state index contributed by atoms with van der Waals surface area (Å²) in [6.45, 7) is 7.63. The van der Waals surface area contributed by atoms with Crippen LogP contribution in [-0.4, -0.2) is 23.0 Å². The van der Waals surface area contributed by atoms with Gasteiger partial charge in [-0.05, 0) is 63.5 Å². The van der Waals surface area contributed by atoms with Gasteiger partial charge in [0, 0.05) is 11.8 Å². The Balaban J connectivity index is 2.02. The van der Waals surface area contributed by atoms with E-state index >= 15 is 0 Å². The number of carbonyl (C=O) groups is 2. The molecular formula is C30H40N2O2. The number of benzene rings is 2. The van der Waals surface area contributed by atoms with Crippen molar-refractivity contribution in [1.82, 2.24) is 0 Å². The van der Waals surface area contributed by atoms with Crippen LogP contribution >= 0.6 is 0 Å². The van der Waals surface area contributed by atoms with Crippen LogP contribution in [0.4, 0.5) is 0 Å². The van der Waals surface area contributed by atoms with Crippen LogP contribution in [0.5, 0.6) is 0 Å². The minimum Gasteiger partial charge on any atom is -0.292 e. The van der Waals surface area contributed by atoms with Crippen LogP contribution in [0, 0.1) is 11.8 Å². The average molecular weight is 461 g/mol. The van der Waals surface area contributed by atoms with E-state index in [0.29, 0.717) is 11.4 Å². The van der Waals surface area contributed by atoms with E-state index in [9.17, 15) is 9.59 Å². The summed E-state index contributed by atoms with van der Waals surface area (Å²) in [6.07, 6.45) is 6.87. The van der Waals surface area contributed by atoms with Gasteiger partial charge in [0.2, 0.25) is 0 Å². The molecule has 0 N–H and O–H groups in total. The first-order valence-electron chi connectivity index (χ1n) is 12.7. The van der Waals surface area contributed by atoms with Crippen LogP contribution in [-0.2, 0) is 22.4 Å². The van der Waals surface area contributed by atoms with Crippen molar-refractivity contribution in [2.75, 3.05) is 0 Å². The number of rotatable bonds is 15. The van der Waals surface area contributed by atoms with Crippen molar-refractivity contribution in [2.45, 2.75) is 79.1 Å². The average Bonchev–Trinajstić information content (AvgIpc) is 2.87. The molecule has 0 bridgehead atoms. The van der Waals surface area contributed by atoms with Gasteiger partial charge in [-0.3, -0.25) is 9.59 Å². The molecule has 0 aliphatic heterocycles. The van der Waals surface area contributed by atoms with Crippen molar-refractivity contribution in [3.05, 3.63) is 71.8 Å². The third-order valence-corrected chi connectivity index (χ3v) is 6.33. The molecule has 0 fully saturated rings. The highest BCUT2D eigenvalue weighted by molar-refractivity contribution is 6.41. The van der Waals surface area contributed by atoms with Gasteiger partial charge in [0.15, 0.2) is 11.6 Å². The number of Topliss-reactive ketones (excluding diaryl/α,β-unsaturated/α-hetero) is 2. The van der Waals surface area contributed by atoms with Gasteiger partial charge in [0.25, 0.3) is 0 Å². The van der Waals surface area contributed by atoms with Gasteiger partial charge in [-0.15, -0.1) is 0 Å². The van der Waals surface area contributed by atoms with Gasteiger partial charge < -0.3 is 0 Å². The molecule has 0 spiro atoms. The van der Waals surface area contributed by atoms with E-state index in [0.717, 1.165) is 51.4 Å². The highest BCUT2D eigenvalue weighted by atomic mass is 16.1. The van der Waals surface area contributed by atoms with Gasteiger partial charge in [-0.2, -0.15) is 10.2 Å². The van der Waals surface area contributed by atoms with Crippen LogP contribution in [0.15, 0.2) is 70.9 Å². The lowest BCUT2D eigenvalue weighted by molar-refractivity contribution is -0.117. The van der Waals surface area contributed by atoms with Gasteiger partial charge >= 0.3 is 0 Å². The van der Waals surface area contributed by atoms with Crippen molar-refractivity contribution in [1.29, 1.82) is 0 Å². The standard InChI is InChI=1S/C30H40N2O2/c1-5-13-27(21-19-25-15-9-7-10-16-25)29(33)23(3)31-32-24(4)30(34)28(14-6-2)22-20-26-17-11-8-12-18-26/h7-12,15-18,27-28H,5-6,13-14,19-22H2,1-4H3/b31-23+,32-24+. The third kappa shape index (κ3) is 9.17. The summed E-state index contributed by atoms with van der Waals surface area (Å²) in [7, 11) is 0. The number of aryl methyl sites for hydroxylation is 2. The second kappa shape index (κ2) is 15.1. The van der Waals surface area contributed by atoms with E-state index in [-0.39, 0.29) is 23.4 Å². The normalized spacial score (nSPS) is 14.0. The van der Waals surface area contributed by atoms with Gasteiger partial charge in [-0.25, -0.2) is 0 Å². The third-order valence-electron chi connectivity index (χ3n) is 6.33. The summed E-state index contributed by atoms with van der Waals surface area (Å²) in [5.41, 5.74) is 3.25. The Morgan fingerprint density at radius 3 is 1.29 bits per heavy atom. The van der Waals surface area contributed by atoms with E-state index in [4.69, 9.17) is 0 Å². The van der Waals surface area contributed by atoms with E-state index in [1.54, 1.807) is 13.8 Å². The Kier molecular flexibility index (Phi) is 12.2. The van der Waals surface area contributed by atoms with Crippen molar-refractivity contribution in [3.8, 4) is 0 Å². The number of ketones is 2. The van der Waals surface area contributed by atoms with Crippen LogP contribution in [0.1, 0.15) is 77.3 Å². The number of hydrogen-bond donors (Lipinski definition) is 0. The zero-order valence-electron chi connectivity index (χ0n) is 21.3.